The van der Waals surface area contributed by atoms with Crippen LogP contribution in [0.5, 0.6) is 5.75 Å². The number of hydrogen-bond donors (Lipinski definition) is 3. The molecule has 20 heavy (non-hydrogen) atoms. The lowest BCUT2D eigenvalue weighted by Gasteiger charge is -2.08. The van der Waals surface area contributed by atoms with Gasteiger partial charge in [0.1, 0.15) is 5.75 Å². The quantitative estimate of drug-likeness (QED) is 0.693. The number of nitrogens with two attached hydrogens (primary N) is 1. The minimum absolute atomic E-state index is 0.169. The Labute approximate surface area is 117 Å². The van der Waals surface area contributed by atoms with Gasteiger partial charge >= 0.3 is 0 Å². The molecule has 0 atom stereocenters. The number of carbonyl (C=O) groups is 1. The Hall–Kier alpha value is -2.50. The van der Waals surface area contributed by atoms with Gasteiger partial charge in [-0.25, -0.2) is 4.98 Å². The van der Waals surface area contributed by atoms with Gasteiger partial charge in [-0.3, -0.25) is 4.79 Å². The normalized spacial score (nSPS) is 10.2. The third kappa shape index (κ3) is 3.74. The minimum atomic E-state index is -0.169. The lowest BCUT2D eigenvalue weighted by molar-refractivity contribution is 0.0953. The summed E-state index contributed by atoms with van der Waals surface area (Å²) in [5.41, 5.74) is 7.75. The Balaban J connectivity index is 1.94. The van der Waals surface area contributed by atoms with E-state index in [2.05, 4.69) is 15.3 Å². The van der Waals surface area contributed by atoms with Crippen LogP contribution in [0, 0.1) is 0 Å². The van der Waals surface area contributed by atoms with Crippen LogP contribution in [0.3, 0.4) is 0 Å². The van der Waals surface area contributed by atoms with Gasteiger partial charge < -0.3 is 20.8 Å². The molecule has 2 aromatic rings. The number of aromatic amines is 1. The number of H-pyrrole nitrogens is 1. The Morgan fingerprint density at radius 3 is 3.00 bits per heavy atom. The van der Waals surface area contributed by atoms with E-state index in [1.807, 2.05) is 6.92 Å². The highest BCUT2D eigenvalue weighted by Crippen LogP contribution is 2.18. The molecule has 0 bridgehead atoms. The summed E-state index contributed by atoms with van der Waals surface area (Å²) in [6.45, 7) is 2.94. The van der Waals surface area contributed by atoms with Gasteiger partial charge in [0.25, 0.3) is 5.91 Å². The maximum absolute atomic E-state index is 12.0. The van der Waals surface area contributed by atoms with Crippen molar-refractivity contribution in [3.8, 4) is 5.75 Å². The maximum Gasteiger partial charge on any atom is 0.251 e. The Morgan fingerprint density at radius 1 is 1.45 bits per heavy atom. The SMILES string of the molecule is CCOc1cc(N)cc(C(=O)NCCc2cnc[nH]2)c1. The summed E-state index contributed by atoms with van der Waals surface area (Å²) >= 11 is 0. The first kappa shape index (κ1) is 13.9. The summed E-state index contributed by atoms with van der Waals surface area (Å²) in [7, 11) is 0. The van der Waals surface area contributed by atoms with E-state index in [9.17, 15) is 4.79 Å². The fourth-order valence-corrected chi connectivity index (χ4v) is 1.84. The predicted molar refractivity (Wildman–Crippen MR) is 76.6 cm³/mol. The molecule has 4 N–H and O–H groups in total. The van der Waals surface area contributed by atoms with E-state index < -0.39 is 0 Å². The first-order valence-corrected chi connectivity index (χ1v) is 6.48. The largest absolute Gasteiger partial charge is 0.494 e. The third-order valence-corrected chi connectivity index (χ3v) is 2.74. The fraction of sp³-hybridized carbons (Fsp3) is 0.286. The van der Waals surface area contributed by atoms with Crippen LogP contribution < -0.4 is 15.8 Å². The number of anilines is 1. The molecule has 0 saturated heterocycles. The van der Waals surface area contributed by atoms with Gasteiger partial charge in [0.05, 0.1) is 12.9 Å². The number of benzene rings is 1. The minimum Gasteiger partial charge on any atom is -0.494 e. The van der Waals surface area contributed by atoms with E-state index >= 15 is 0 Å². The van der Waals surface area contributed by atoms with Gasteiger partial charge in [-0.2, -0.15) is 0 Å². The average Bonchev–Trinajstić information content (AvgIpc) is 2.91. The Morgan fingerprint density at radius 2 is 2.30 bits per heavy atom. The summed E-state index contributed by atoms with van der Waals surface area (Å²) in [4.78, 5) is 18.9. The molecule has 0 fully saturated rings. The average molecular weight is 274 g/mol. The first-order valence-electron chi connectivity index (χ1n) is 6.48. The topological polar surface area (TPSA) is 93.0 Å². The lowest BCUT2D eigenvalue weighted by Crippen LogP contribution is -2.25. The number of rotatable bonds is 6. The van der Waals surface area contributed by atoms with E-state index in [4.69, 9.17) is 10.5 Å². The van der Waals surface area contributed by atoms with Crippen molar-refractivity contribution >= 4 is 11.6 Å². The van der Waals surface area contributed by atoms with Crippen LogP contribution in [0.2, 0.25) is 0 Å². The number of amides is 1. The number of imidazole rings is 1. The van der Waals surface area contributed by atoms with Crippen LogP contribution in [0.25, 0.3) is 0 Å². The highest BCUT2D eigenvalue weighted by Gasteiger charge is 2.08. The smallest absolute Gasteiger partial charge is 0.251 e. The number of aromatic nitrogens is 2. The van der Waals surface area contributed by atoms with Gasteiger partial charge in [0.15, 0.2) is 0 Å². The molecule has 2 rings (SSSR count). The van der Waals surface area contributed by atoms with Crippen LogP contribution in [0.15, 0.2) is 30.7 Å². The summed E-state index contributed by atoms with van der Waals surface area (Å²) in [5, 5.41) is 2.84. The van der Waals surface area contributed by atoms with Gasteiger partial charge in [-0.15, -0.1) is 0 Å². The number of nitrogens with zero attached hydrogens (tertiary/aromatic N) is 1. The van der Waals surface area contributed by atoms with E-state index in [0.29, 0.717) is 36.6 Å². The second kappa shape index (κ2) is 6.60. The highest BCUT2D eigenvalue weighted by atomic mass is 16.5. The molecule has 0 aliphatic heterocycles. The second-order valence-corrected chi connectivity index (χ2v) is 4.31. The number of nitrogens with one attached hydrogen (secondary N) is 2. The zero-order valence-corrected chi connectivity index (χ0v) is 11.3. The van der Waals surface area contributed by atoms with Gasteiger partial charge in [-0.05, 0) is 19.1 Å². The molecule has 0 radical (unpaired) electrons. The summed E-state index contributed by atoms with van der Waals surface area (Å²) in [6, 6.07) is 5.02. The van der Waals surface area contributed by atoms with Crippen molar-refractivity contribution in [1.82, 2.24) is 15.3 Å². The summed E-state index contributed by atoms with van der Waals surface area (Å²) < 4.78 is 5.37. The van der Waals surface area contributed by atoms with E-state index in [1.165, 1.54) is 0 Å². The molecule has 0 unspecified atom stereocenters. The first-order chi connectivity index (χ1) is 9.69. The number of nitrogen functional groups attached to an aromatic ring is 1. The van der Waals surface area contributed by atoms with Crippen molar-refractivity contribution in [2.24, 2.45) is 0 Å². The molecule has 106 valence electrons. The zero-order valence-electron chi connectivity index (χ0n) is 11.3. The number of hydrogen-bond acceptors (Lipinski definition) is 4. The Kier molecular flexibility index (Phi) is 4.60. The van der Waals surface area contributed by atoms with Crippen molar-refractivity contribution < 1.29 is 9.53 Å². The highest BCUT2D eigenvalue weighted by molar-refractivity contribution is 5.95. The van der Waals surface area contributed by atoms with E-state index in [0.717, 1.165) is 5.69 Å². The monoisotopic (exact) mass is 274 g/mol. The van der Waals surface area contributed by atoms with Crippen molar-refractivity contribution in [2.45, 2.75) is 13.3 Å². The molecule has 1 amide bonds. The summed E-state index contributed by atoms with van der Waals surface area (Å²) in [5.74, 6) is 0.434. The van der Waals surface area contributed by atoms with Crippen LogP contribution >= 0.6 is 0 Å². The molecule has 6 nitrogen and oxygen atoms in total. The number of carbonyl (C=O) groups excluding carboxylic acids is 1. The third-order valence-electron chi connectivity index (χ3n) is 2.74. The summed E-state index contributed by atoms with van der Waals surface area (Å²) in [6.07, 6.45) is 4.05. The van der Waals surface area contributed by atoms with Crippen molar-refractivity contribution in [2.75, 3.05) is 18.9 Å². The van der Waals surface area contributed by atoms with Crippen LogP contribution in [-0.2, 0) is 6.42 Å². The molecular weight excluding hydrogens is 256 g/mol. The predicted octanol–water partition coefficient (Wildman–Crippen LogP) is 1.36. The van der Waals surface area contributed by atoms with Crippen LogP contribution in [0.4, 0.5) is 5.69 Å². The molecule has 1 heterocycles. The molecule has 1 aromatic heterocycles. The maximum atomic E-state index is 12.0. The zero-order chi connectivity index (χ0) is 14.4. The molecule has 1 aromatic carbocycles. The molecule has 0 aliphatic rings. The van der Waals surface area contributed by atoms with Gasteiger partial charge in [0, 0.05) is 42.2 Å². The molecule has 0 saturated carbocycles. The molecular formula is C14H18N4O2. The van der Waals surface area contributed by atoms with Crippen LogP contribution in [-0.4, -0.2) is 29.0 Å². The second-order valence-electron chi connectivity index (χ2n) is 4.31. The lowest BCUT2D eigenvalue weighted by atomic mass is 10.1. The molecule has 0 aliphatic carbocycles. The van der Waals surface area contributed by atoms with Crippen LogP contribution in [0.1, 0.15) is 23.0 Å². The fourth-order valence-electron chi connectivity index (χ4n) is 1.84. The van der Waals surface area contributed by atoms with Crippen molar-refractivity contribution in [3.63, 3.8) is 0 Å². The van der Waals surface area contributed by atoms with E-state index in [1.54, 1.807) is 30.7 Å². The standard InChI is InChI=1S/C14H18N4O2/c1-2-20-13-6-10(5-11(15)7-13)14(19)17-4-3-12-8-16-9-18-12/h5-9H,2-4,15H2,1H3,(H,16,18)(H,17,19). The van der Waals surface area contributed by atoms with E-state index in [-0.39, 0.29) is 5.91 Å². The Bertz CT molecular complexity index is 567. The van der Waals surface area contributed by atoms with Crippen molar-refractivity contribution in [1.29, 1.82) is 0 Å². The molecule has 0 spiro atoms. The number of ether oxygens (including phenoxy) is 1. The van der Waals surface area contributed by atoms with Gasteiger partial charge in [-0.1, -0.05) is 0 Å². The van der Waals surface area contributed by atoms with Crippen molar-refractivity contribution in [3.05, 3.63) is 42.0 Å². The van der Waals surface area contributed by atoms with Gasteiger partial charge in [0.2, 0.25) is 0 Å². The molecule has 6 heteroatoms.